The highest BCUT2D eigenvalue weighted by molar-refractivity contribution is 5.61. The Balaban J connectivity index is 2.43. The maximum atomic E-state index is 10.1. The smallest absolute Gasteiger partial charge is 0.126 e. The summed E-state index contributed by atoms with van der Waals surface area (Å²) in [7, 11) is 1.62. The number of hydrogen-bond acceptors (Lipinski definition) is 4. The molecule has 0 spiro atoms. The van der Waals surface area contributed by atoms with E-state index in [0.717, 1.165) is 37.1 Å². The van der Waals surface area contributed by atoms with E-state index in [0.29, 0.717) is 5.75 Å². The van der Waals surface area contributed by atoms with Gasteiger partial charge in [-0.15, -0.1) is 0 Å². The molecule has 0 saturated carbocycles. The van der Waals surface area contributed by atoms with Gasteiger partial charge in [0.1, 0.15) is 5.75 Å². The minimum absolute atomic E-state index is 0.127. The van der Waals surface area contributed by atoms with E-state index in [9.17, 15) is 10.2 Å². The SMILES string of the molecule is COc1cccc(N2CCCCCC2CO)c1C(C)O. The predicted molar refractivity (Wildman–Crippen MR) is 80.3 cm³/mol. The minimum atomic E-state index is -0.594. The molecule has 1 heterocycles. The number of ether oxygens (including phenoxy) is 1. The summed E-state index contributed by atoms with van der Waals surface area (Å²) in [5.74, 6) is 0.707. The van der Waals surface area contributed by atoms with Gasteiger partial charge in [-0.3, -0.25) is 0 Å². The Hall–Kier alpha value is -1.26. The summed E-state index contributed by atoms with van der Waals surface area (Å²) in [5.41, 5.74) is 1.80. The molecule has 1 saturated heterocycles. The zero-order valence-corrected chi connectivity index (χ0v) is 12.4. The molecule has 20 heavy (non-hydrogen) atoms. The third-order valence-electron chi connectivity index (χ3n) is 4.08. The van der Waals surface area contributed by atoms with Gasteiger partial charge in [0.2, 0.25) is 0 Å². The van der Waals surface area contributed by atoms with Crippen molar-refractivity contribution in [2.75, 3.05) is 25.2 Å². The Morgan fingerprint density at radius 2 is 2.15 bits per heavy atom. The highest BCUT2D eigenvalue weighted by atomic mass is 16.5. The zero-order chi connectivity index (χ0) is 14.5. The summed E-state index contributed by atoms with van der Waals surface area (Å²) in [6.07, 6.45) is 3.86. The average Bonchev–Trinajstić information content (AvgIpc) is 2.71. The van der Waals surface area contributed by atoms with Crippen molar-refractivity contribution >= 4 is 5.69 Å². The normalized spacial score (nSPS) is 21.4. The van der Waals surface area contributed by atoms with Crippen LogP contribution in [-0.4, -0.2) is 36.5 Å². The Bertz CT molecular complexity index is 434. The lowest BCUT2D eigenvalue weighted by atomic mass is 10.0. The Morgan fingerprint density at radius 3 is 2.80 bits per heavy atom. The molecule has 0 amide bonds. The molecule has 2 unspecified atom stereocenters. The van der Waals surface area contributed by atoms with Crippen LogP contribution in [0.3, 0.4) is 0 Å². The molecule has 4 nitrogen and oxygen atoms in total. The van der Waals surface area contributed by atoms with Crippen molar-refractivity contribution in [1.29, 1.82) is 0 Å². The maximum Gasteiger partial charge on any atom is 0.126 e. The maximum absolute atomic E-state index is 10.1. The first-order chi connectivity index (χ1) is 9.69. The van der Waals surface area contributed by atoms with E-state index in [1.165, 1.54) is 6.42 Å². The van der Waals surface area contributed by atoms with Crippen LogP contribution in [0, 0.1) is 0 Å². The molecule has 1 aliphatic rings. The van der Waals surface area contributed by atoms with Crippen molar-refractivity contribution in [3.8, 4) is 5.75 Å². The van der Waals surface area contributed by atoms with Gasteiger partial charge in [0, 0.05) is 17.8 Å². The van der Waals surface area contributed by atoms with E-state index < -0.39 is 6.10 Å². The van der Waals surface area contributed by atoms with E-state index in [4.69, 9.17) is 4.74 Å². The molecule has 2 atom stereocenters. The van der Waals surface area contributed by atoms with Gasteiger partial charge in [-0.1, -0.05) is 18.9 Å². The number of hydrogen-bond donors (Lipinski definition) is 2. The molecule has 1 fully saturated rings. The monoisotopic (exact) mass is 279 g/mol. The van der Waals surface area contributed by atoms with Crippen LogP contribution < -0.4 is 9.64 Å². The summed E-state index contributed by atoms with van der Waals surface area (Å²) in [5, 5.41) is 19.8. The molecule has 0 radical (unpaired) electrons. The van der Waals surface area contributed by atoms with Crippen molar-refractivity contribution in [3.63, 3.8) is 0 Å². The highest BCUT2D eigenvalue weighted by Gasteiger charge is 2.25. The fourth-order valence-corrected chi connectivity index (χ4v) is 3.07. The summed E-state index contributed by atoms with van der Waals surface area (Å²) in [4.78, 5) is 2.23. The van der Waals surface area contributed by atoms with Gasteiger partial charge in [-0.2, -0.15) is 0 Å². The topological polar surface area (TPSA) is 52.9 Å². The van der Waals surface area contributed by atoms with Gasteiger partial charge in [-0.05, 0) is 31.9 Å². The standard InChI is InChI=1S/C16H25NO3/c1-12(19)16-14(8-6-9-15(16)20-2)17-10-5-3-4-7-13(17)11-18/h6,8-9,12-13,18-19H,3-5,7,10-11H2,1-2H3. The van der Waals surface area contributed by atoms with Crippen molar-refractivity contribution in [3.05, 3.63) is 23.8 Å². The minimum Gasteiger partial charge on any atom is -0.496 e. The molecule has 2 rings (SSSR count). The number of methoxy groups -OCH3 is 1. The van der Waals surface area contributed by atoms with Crippen molar-refractivity contribution in [2.45, 2.75) is 44.8 Å². The number of anilines is 1. The fourth-order valence-electron chi connectivity index (χ4n) is 3.07. The molecule has 0 aromatic heterocycles. The van der Waals surface area contributed by atoms with Crippen molar-refractivity contribution in [1.82, 2.24) is 0 Å². The van der Waals surface area contributed by atoms with E-state index in [2.05, 4.69) is 4.90 Å². The average molecular weight is 279 g/mol. The molecule has 1 aromatic carbocycles. The van der Waals surface area contributed by atoms with Gasteiger partial charge < -0.3 is 19.8 Å². The second kappa shape index (κ2) is 6.95. The molecule has 0 bridgehead atoms. The Labute approximate surface area is 121 Å². The summed E-state index contributed by atoms with van der Waals surface area (Å²) in [6.45, 7) is 2.82. The Kier molecular flexibility index (Phi) is 5.26. The van der Waals surface area contributed by atoms with Crippen LogP contribution in [0.25, 0.3) is 0 Å². The van der Waals surface area contributed by atoms with Crippen molar-refractivity contribution < 1.29 is 14.9 Å². The molecule has 1 aliphatic heterocycles. The van der Waals surface area contributed by atoms with Crippen LogP contribution in [0.4, 0.5) is 5.69 Å². The first-order valence-electron chi connectivity index (χ1n) is 7.41. The molecule has 1 aromatic rings. The summed E-state index contributed by atoms with van der Waals surface area (Å²) < 4.78 is 5.39. The van der Waals surface area contributed by atoms with Gasteiger partial charge in [0.25, 0.3) is 0 Å². The molecular weight excluding hydrogens is 254 g/mol. The largest absolute Gasteiger partial charge is 0.496 e. The lowest BCUT2D eigenvalue weighted by Gasteiger charge is -2.33. The fraction of sp³-hybridized carbons (Fsp3) is 0.625. The third kappa shape index (κ3) is 3.07. The second-order valence-electron chi connectivity index (χ2n) is 5.45. The van der Waals surface area contributed by atoms with Crippen LogP contribution in [0.15, 0.2) is 18.2 Å². The van der Waals surface area contributed by atoms with E-state index in [1.807, 2.05) is 18.2 Å². The van der Waals surface area contributed by atoms with Crippen LogP contribution in [0.5, 0.6) is 5.75 Å². The van der Waals surface area contributed by atoms with Crippen LogP contribution >= 0.6 is 0 Å². The molecule has 4 heteroatoms. The molecule has 2 N–H and O–H groups in total. The van der Waals surface area contributed by atoms with Crippen LogP contribution in [0.1, 0.15) is 44.3 Å². The Morgan fingerprint density at radius 1 is 1.35 bits per heavy atom. The van der Waals surface area contributed by atoms with E-state index >= 15 is 0 Å². The molecular formula is C16H25NO3. The number of nitrogens with zero attached hydrogens (tertiary/aromatic N) is 1. The molecule has 112 valence electrons. The third-order valence-corrected chi connectivity index (χ3v) is 4.08. The van der Waals surface area contributed by atoms with Gasteiger partial charge in [-0.25, -0.2) is 0 Å². The van der Waals surface area contributed by atoms with Crippen LogP contribution in [0.2, 0.25) is 0 Å². The number of benzene rings is 1. The van der Waals surface area contributed by atoms with Crippen molar-refractivity contribution in [2.24, 2.45) is 0 Å². The summed E-state index contributed by atoms with van der Waals surface area (Å²) >= 11 is 0. The van der Waals surface area contributed by atoms with E-state index in [1.54, 1.807) is 14.0 Å². The lowest BCUT2D eigenvalue weighted by Crippen LogP contribution is -2.38. The quantitative estimate of drug-likeness (QED) is 0.889. The first-order valence-corrected chi connectivity index (χ1v) is 7.41. The lowest BCUT2D eigenvalue weighted by molar-refractivity contribution is 0.194. The number of aliphatic hydroxyl groups excluding tert-OH is 2. The second-order valence-corrected chi connectivity index (χ2v) is 5.45. The van der Waals surface area contributed by atoms with E-state index in [-0.39, 0.29) is 12.6 Å². The van der Waals surface area contributed by atoms with Gasteiger partial charge in [0.05, 0.1) is 25.9 Å². The first kappa shape index (κ1) is 15.1. The molecule has 0 aliphatic carbocycles. The van der Waals surface area contributed by atoms with Crippen LogP contribution in [-0.2, 0) is 0 Å². The zero-order valence-electron chi connectivity index (χ0n) is 12.4. The highest BCUT2D eigenvalue weighted by Crippen LogP contribution is 2.36. The van der Waals surface area contributed by atoms with Gasteiger partial charge >= 0.3 is 0 Å². The number of rotatable bonds is 4. The predicted octanol–water partition coefficient (Wildman–Crippen LogP) is 2.49. The summed E-state index contributed by atoms with van der Waals surface area (Å²) in [6, 6.07) is 5.96. The van der Waals surface area contributed by atoms with Gasteiger partial charge in [0.15, 0.2) is 0 Å². The number of aliphatic hydroxyl groups is 2.